The molecule has 3 aromatic carbocycles. The number of benzene rings is 3. The minimum Gasteiger partial charge on any atom is -0.418 e. The van der Waals surface area contributed by atoms with Crippen LogP contribution < -0.4 is 4.90 Å². The first-order valence-electron chi connectivity index (χ1n) is 14.5. The van der Waals surface area contributed by atoms with E-state index in [0.29, 0.717) is 0 Å². The summed E-state index contributed by atoms with van der Waals surface area (Å²) in [5, 5.41) is 6.65. The summed E-state index contributed by atoms with van der Waals surface area (Å²) >= 11 is 0. The summed E-state index contributed by atoms with van der Waals surface area (Å²) in [6, 6.07) is 25.6. The highest BCUT2D eigenvalue weighted by Crippen LogP contribution is 2.20. The fourth-order valence-electron chi connectivity index (χ4n) is 4.17. The normalized spacial score (nSPS) is 11.8. The van der Waals surface area contributed by atoms with E-state index < -0.39 is 7.25 Å². The average Bonchev–Trinajstić information content (AvgIpc) is 2.98. The first-order valence-corrected chi connectivity index (χ1v) is 14.5. The zero-order chi connectivity index (χ0) is 32.7. The zero-order valence-electron chi connectivity index (χ0n) is 26.6. The van der Waals surface area contributed by atoms with Crippen LogP contribution in [0, 0.1) is 19.9 Å². The van der Waals surface area contributed by atoms with E-state index in [2.05, 4.69) is 128 Å². The lowest BCUT2D eigenvalue weighted by Gasteiger charge is -2.15. The highest BCUT2D eigenvalue weighted by atomic mass is 19.5. The molecule has 0 heterocycles. The summed E-state index contributed by atoms with van der Waals surface area (Å²) in [6.07, 6.45) is 13.4. The first-order chi connectivity index (χ1) is 20.8. The van der Waals surface area contributed by atoms with E-state index in [9.17, 15) is 17.3 Å². The first kappa shape index (κ1) is 35.7. The Hall–Kier alpha value is -4.49. The summed E-state index contributed by atoms with van der Waals surface area (Å²) in [5.74, 6) is 0. The maximum atomic E-state index is 9.75. The van der Waals surface area contributed by atoms with Crippen LogP contribution in [-0.4, -0.2) is 63.0 Å². The third kappa shape index (κ3) is 12.8. The minimum atomic E-state index is -6.00. The number of anilines is 1. The highest BCUT2D eigenvalue weighted by Gasteiger charge is 2.20. The van der Waals surface area contributed by atoms with Crippen LogP contribution in [0.25, 0.3) is 5.70 Å². The molecule has 0 N–H and O–H groups in total. The molecule has 0 unspecified atom stereocenters. The molecule has 0 saturated heterocycles. The van der Waals surface area contributed by atoms with Crippen molar-refractivity contribution in [3.63, 3.8) is 0 Å². The van der Waals surface area contributed by atoms with E-state index in [-0.39, 0.29) is 0 Å². The van der Waals surface area contributed by atoms with Crippen molar-refractivity contribution < 1.29 is 21.8 Å². The molecule has 0 bridgehead atoms. The van der Waals surface area contributed by atoms with Gasteiger partial charge in [-0.3, -0.25) is 5.01 Å². The molecule has 9 heteroatoms. The molecule has 0 amide bonds. The summed E-state index contributed by atoms with van der Waals surface area (Å²) in [7, 11) is 0.0597. The molecule has 0 atom stereocenters. The molecule has 0 spiro atoms. The minimum absolute atomic E-state index is 0.950. The molecule has 0 fully saturated rings. The number of aryl methyl sites for hydroxylation is 2. The third-order valence-electron chi connectivity index (χ3n) is 6.61. The Balaban J connectivity index is 0.00000125. The molecule has 0 aromatic heterocycles. The number of halogens is 4. The van der Waals surface area contributed by atoms with Gasteiger partial charge in [-0.25, -0.2) is 4.58 Å². The smallest absolute Gasteiger partial charge is 0.418 e. The van der Waals surface area contributed by atoms with Gasteiger partial charge in [-0.1, -0.05) is 59.7 Å². The summed E-state index contributed by atoms with van der Waals surface area (Å²) in [6.45, 7) is 10.5. The number of allylic oxidation sites excluding steroid dienone is 5. The summed E-state index contributed by atoms with van der Waals surface area (Å²) in [5.41, 5.74) is 9.21. The van der Waals surface area contributed by atoms with Gasteiger partial charge >= 0.3 is 7.25 Å². The maximum Gasteiger partial charge on any atom is 0.673 e. The second kappa shape index (κ2) is 17.6. The van der Waals surface area contributed by atoms with Gasteiger partial charge in [-0.15, -0.1) is 0 Å². The number of nitrogens with zero attached hydrogens (tertiary/aromatic N) is 4. The Bertz CT molecular complexity index is 1440. The fraction of sp³-hybridized carbons (Fsp3) is 0.257. The highest BCUT2D eigenvalue weighted by molar-refractivity contribution is 6.50. The number of hydrazone groups is 1. The van der Waals surface area contributed by atoms with Crippen LogP contribution in [0.5, 0.6) is 0 Å². The Labute approximate surface area is 260 Å². The Morgan fingerprint density at radius 1 is 0.795 bits per heavy atom. The van der Waals surface area contributed by atoms with Gasteiger partial charge < -0.3 is 22.2 Å². The maximum absolute atomic E-state index is 9.75. The van der Waals surface area contributed by atoms with Crippen molar-refractivity contribution in [2.24, 2.45) is 5.10 Å². The second-order valence-corrected chi connectivity index (χ2v) is 10.3. The van der Waals surface area contributed by atoms with Crippen molar-refractivity contribution in [1.82, 2.24) is 5.01 Å². The van der Waals surface area contributed by atoms with Crippen molar-refractivity contribution in [2.45, 2.75) is 27.7 Å². The summed E-state index contributed by atoms with van der Waals surface area (Å²) in [4.78, 5) is 2.09. The summed E-state index contributed by atoms with van der Waals surface area (Å²) < 4.78 is 41.4. The van der Waals surface area contributed by atoms with E-state index in [1.807, 2.05) is 44.5 Å². The van der Waals surface area contributed by atoms with Crippen molar-refractivity contribution in [2.75, 3.05) is 39.1 Å². The standard InChI is InChI=1S/C35H42N4.BF4/c1-8-39(9-2)35(32-23-17-29(4)18-24-32)14-12-10-11-13-34(31-21-15-28(3)16-22-31)38(7)36-27-30-19-25-33(26-20-30)37(5)6;2-1(3,4)5/h11-27H,8-9H2,1-7H3;/q+2;-1. The molecular weight excluding hydrogens is 563 g/mol. The molecule has 0 saturated carbocycles. The topological polar surface area (TPSA) is 21.9 Å². The molecule has 0 aliphatic carbocycles. The number of rotatable bonds is 11. The van der Waals surface area contributed by atoms with Crippen molar-refractivity contribution in [3.05, 3.63) is 131 Å². The van der Waals surface area contributed by atoms with E-state index >= 15 is 0 Å². The van der Waals surface area contributed by atoms with Crippen LogP contribution in [0.3, 0.4) is 0 Å². The van der Waals surface area contributed by atoms with Gasteiger partial charge in [-0.05, 0) is 57.5 Å². The van der Waals surface area contributed by atoms with Gasteiger partial charge in [0.2, 0.25) is 0 Å². The largest absolute Gasteiger partial charge is 0.673 e. The number of hydrogen-bond acceptors (Lipinski definition) is 3. The Morgan fingerprint density at radius 3 is 1.77 bits per heavy atom. The molecule has 4 nitrogen and oxygen atoms in total. The van der Waals surface area contributed by atoms with Crippen molar-refractivity contribution in [1.29, 1.82) is 0 Å². The molecule has 0 aliphatic rings. The SMILES string of the molecule is CC[N+](CC)=C(C=C[C+]=CC=C(c1ccc(C)cc1)N(C)N=Cc1ccc(N(C)C)cc1)c1ccc(C)cc1.F[B-](F)(F)F. The lowest BCUT2D eigenvalue weighted by Crippen LogP contribution is -2.20. The van der Waals surface area contributed by atoms with Crippen LogP contribution in [0.2, 0.25) is 0 Å². The predicted molar refractivity (Wildman–Crippen MR) is 179 cm³/mol. The predicted octanol–water partition coefficient (Wildman–Crippen LogP) is 8.43. The fourth-order valence-corrected chi connectivity index (χ4v) is 4.17. The van der Waals surface area contributed by atoms with Crippen LogP contribution >= 0.6 is 0 Å². The van der Waals surface area contributed by atoms with Crippen molar-refractivity contribution >= 4 is 30.6 Å². The van der Waals surface area contributed by atoms with Gasteiger partial charge in [0, 0.05) is 38.5 Å². The van der Waals surface area contributed by atoms with Crippen LogP contribution in [0.15, 0.2) is 102 Å². The molecular formula is C35H42BF4N4+. The van der Waals surface area contributed by atoms with E-state index in [4.69, 9.17) is 5.10 Å². The average molecular weight is 606 g/mol. The van der Waals surface area contributed by atoms with Gasteiger partial charge in [0.05, 0.1) is 17.9 Å². The van der Waals surface area contributed by atoms with Crippen LogP contribution in [0.4, 0.5) is 23.0 Å². The molecule has 0 aliphatic heterocycles. The van der Waals surface area contributed by atoms with E-state index in [1.165, 1.54) is 28.1 Å². The lowest BCUT2D eigenvalue weighted by atomic mass is 10.1. The molecule has 3 rings (SSSR count). The molecule has 0 radical (unpaired) electrons. The molecule has 232 valence electrons. The monoisotopic (exact) mass is 605 g/mol. The van der Waals surface area contributed by atoms with Gasteiger partial charge in [0.25, 0.3) is 5.71 Å². The zero-order valence-corrected chi connectivity index (χ0v) is 26.6. The van der Waals surface area contributed by atoms with Gasteiger partial charge in [0.1, 0.15) is 37.0 Å². The Morgan fingerprint density at radius 2 is 1.30 bits per heavy atom. The third-order valence-corrected chi connectivity index (χ3v) is 6.61. The van der Waals surface area contributed by atoms with E-state index in [1.54, 1.807) is 0 Å². The number of hydrogen-bond donors (Lipinski definition) is 0. The van der Waals surface area contributed by atoms with E-state index in [0.717, 1.165) is 29.9 Å². The van der Waals surface area contributed by atoms with Crippen molar-refractivity contribution in [3.8, 4) is 0 Å². The second-order valence-electron chi connectivity index (χ2n) is 10.3. The Kier molecular flexibility index (Phi) is 14.3. The van der Waals surface area contributed by atoms with Crippen LogP contribution in [-0.2, 0) is 0 Å². The van der Waals surface area contributed by atoms with Crippen LogP contribution in [0.1, 0.15) is 41.7 Å². The van der Waals surface area contributed by atoms with Gasteiger partial charge in [0.15, 0.2) is 0 Å². The quantitative estimate of drug-likeness (QED) is 0.0416. The molecule has 44 heavy (non-hydrogen) atoms. The molecule has 3 aromatic rings. The lowest BCUT2D eigenvalue weighted by molar-refractivity contribution is -0.519. The van der Waals surface area contributed by atoms with Gasteiger partial charge in [-0.2, -0.15) is 5.10 Å².